The van der Waals surface area contributed by atoms with E-state index < -0.39 is 0 Å². The highest BCUT2D eigenvalue weighted by atomic mass is 16.1. The van der Waals surface area contributed by atoms with Crippen molar-refractivity contribution in [2.24, 2.45) is 0 Å². The number of pyridine rings is 1. The van der Waals surface area contributed by atoms with Gasteiger partial charge in [0.2, 0.25) is 5.91 Å². The molecule has 0 radical (unpaired) electrons. The first kappa shape index (κ1) is 9.03. The summed E-state index contributed by atoms with van der Waals surface area (Å²) in [4.78, 5) is 19.7. The minimum atomic E-state index is -0.0364. The van der Waals surface area contributed by atoms with Crippen molar-refractivity contribution in [3.63, 3.8) is 0 Å². The van der Waals surface area contributed by atoms with Crippen LogP contribution in [0.15, 0.2) is 36.9 Å². The van der Waals surface area contributed by atoms with Gasteiger partial charge in [-0.3, -0.25) is 14.3 Å². The summed E-state index contributed by atoms with van der Waals surface area (Å²) in [5, 5.41) is 2.05. The first-order valence-electron chi connectivity index (χ1n) is 4.98. The maximum absolute atomic E-state index is 11.4. The lowest BCUT2D eigenvalue weighted by Crippen LogP contribution is -2.02. The van der Waals surface area contributed by atoms with Crippen LogP contribution in [0.25, 0.3) is 21.8 Å². The number of imidazole rings is 1. The molecule has 3 aromatic rings. The van der Waals surface area contributed by atoms with Gasteiger partial charge in [0, 0.05) is 24.7 Å². The monoisotopic (exact) mass is 211 g/mol. The fraction of sp³-hybridized carbons (Fsp3) is 0.0833. The molecule has 0 saturated heterocycles. The largest absolute Gasteiger partial charge is 0.274 e. The molecule has 16 heavy (non-hydrogen) atoms. The Hall–Kier alpha value is -2.23. The molecular formula is C12H9N3O. The van der Waals surface area contributed by atoms with Gasteiger partial charge in [-0.05, 0) is 17.5 Å². The Morgan fingerprint density at radius 3 is 3.00 bits per heavy atom. The number of benzene rings is 1. The van der Waals surface area contributed by atoms with Crippen molar-refractivity contribution in [1.82, 2.24) is 14.5 Å². The molecular weight excluding hydrogens is 202 g/mol. The third-order valence-electron chi connectivity index (χ3n) is 2.67. The van der Waals surface area contributed by atoms with Gasteiger partial charge in [-0.1, -0.05) is 6.07 Å². The Labute approximate surface area is 91.5 Å². The number of hydrogen-bond donors (Lipinski definition) is 0. The molecule has 0 amide bonds. The number of rotatable bonds is 0. The molecule has 2 aromatic heterocycles. The maximum Gasteiger partial charge on any atom is 0.229 e. The summed E-state index contributed by atoms with van der Waals surface area (Å²) in [6.45, 7) is 1.52. The van der Waals surface area contributed by atoms with Gasteiger partial charge in [0.15, 0.2) is 0 Å². The molecule has 1 aromatic carbocycles. The van der Waals surface area contributed by atoms with Crippen molar-refractivity contribution >= 4 is 27.7 Å². The van der Waals surface area contributed by atoms with Gasteiger partial charge in [0.05, 0.1) is 11.0 Å². The number of nitrogens with zero attached hydrogens (tertiary/aromatic N) is 3. The van der Waals surface area contributed by atoms with Gasteiger partial charge in [-0.2, -0.15) is 0 Å². The maximum atomic E-state index is 11.4. The van der Waals surface area contributed by atoms with Crippen LogP contribution in [-0.4, -0.2) is 20.4 Å². The van der Waals surface area contributed by atoms with Crippen LogP contribution in [0.4, 0.5) is 0 Å². The van der Waals surface area contributed by atoms with Crippen molar-refractivity contribution in [2.75, 3.05) is 0 Å². The lowest BCUT2D eigenvalue weighted by atomic mass is 10.1. The quantitative estimate of drug-likeness (QED) is 0.573. The van der Waals surface area contributed by atoms with E-state index in [2.05, 4.69) is 9.97 Å². The Morgan fingerprint density at radius 1 is 1.31 bits per heavy atom. The Balaban J connectivity index is 2.49. The summed E-state index contributed by atoms with van der Waals surface area (Å²) < 4.78 is 1.54. The predicted octanol–water partition coefficient (Wildman–Crippen LogP) is 2.24. The third kappa shape index (κ3) is 1.13. The van der Waals surface area contributed by atoms with Gasteiger partial charge < -0.3 is 0 Å². The van der Waals surface area contributed by atoms with E-state index in [1.54, 1.807) is 23.3 Å². The zero-order valence-corrected chi connectivity index (χ0v) is 8.71. The van der Waals surface area contributed by atoms with Gasteiger partial charge in [0.25, 0.3) is 0 Å². The van der Waals surface area contributed by atoms with E-state index in [1.807, 2.05) is 18.2 Å². The van der Waals surface area contributed by atoms with E-state index in [9.17, 15) is 4.79 Å². The SMILES string of the molecule is CC(=O)n1cnc2c3cnccc3ccc21. The highest BCUT2D eigenvalue weighted by Crippen LogP contribution is 2.22. The number of fused-ring (bicyclic) bond motifs is 3. The Kier molecular flexibility index (Phi) is 1.77. The molecule has 0 fully saturated rings. The highest BCUT2D eigenvalue weighted by molar-refractivity contribution is 6.05. The normalized spacial score (nSPS) is 11.1. The second kappa shape index (κ2) is 3.13. The molecule has 0 bridgehead atoms. The number of carbonyl (C=O) groups is 1. The van der Waals surface area contributed by atoms with Crippen molar-refractivity contribution in [3.05, 3.63) is 36.9 Å². The van der Waals surface area contributed by atoms with Crippen LogP contribution in [0.3, 0.4) is 0 Å². The average Bonchev–Trinajstić information content (AvgIpc) is 2.73. The fourth-order valence-corrected chi connectivity index (χ4v) is 1.89. The smallest absolute Gasteiger partial charge is 0.229 e. The minimum Gasteiger partial charge on any atom is -0.274 e. The number of carbonyl (C=O) groups excluding carboxylic acids is 1. The van der Waals surface area contributed by atoms with E-state index in [0.29, 0.717) is 0 Å². The summed E-state index contributed by atoms with van der Waals surface area (Å²) >= 11 is 0. The minimum absolute atomic E-state index is 0.0364. The zero-order chi connectivity index (χ0) is 11.1. The molecule has 0 saturated carbocycles. The van der Waals surface area contributed by atoms with Gasteiger partial charge in [0.1, 0.15) is 6.33 Å². The first-order chi connectivity index (χ1) is 7.77. The van der Waals surface area contributed by atoms with Crippen LogP contribution in [0, 0.1) is 0 Å². The summed E-state index contributed by atoms with van der Waals surface area (Å²) in [5.41, 5.74) is 1.65. The number of hydrogen-bond acceptors (Lipinski definition) is 3. The van der Waals surface area contributed by atoms with Gasteiger partial charge >= 0.3 is 0 Å². The van der Waals surface area contributed by atoms with E-state index in [4.69, 9.17) is 0 Å². The third-order valence-corrected chi connectivity index (χ3v) is 2.67. The summed E-state index contributed by atoms with van der Waals surface area (Å²) in [6.07, 6.45) is 5.07. The van der Waals surface area contributed by atoms with Gasteiger partial charge in [-0.15, -0.1) is 0 Å². The van der Waals surface area contributed by atoms with E-state index >= 15 is 0 Å². The molecule has 2 heterocycles. The van der Waals surface area contributed by atoms with Crippen LogP contribution >= 0.6 is 0 Å². The van der Waals surface area contributed by atoms with Crippen molar-refractivity contribution < 1.29 is 4.79 Å². The van der Waals surface area contributed by atoms with Crippen LogP contribution < -0.4 is 0 Å². The molecule has 0 spiro atoms. The lowest BCUT2D eigenvalue weighted by molar-refractivity contribution is 0.0941. The first-order valence-corrected chi connectivity index (χ1v) is 4.98. The van der Waals surface area contributed by atoms with Crippen molar-refractivity contribution in [3.8, 4) is 0 Å². The molecule has 3 rings (SSSR count). The second-order valence-electron chi connectivity index (χ2n) is 3.66. The Morgan fingerprint density at radius 2 is 2.19 bits per heavy atom. The summed E-state index contributed by atoms with van der Waals surface area (Å²) in [5.74, 6) is -0.0364. The van der Waals surface area contributed by atoms with E-state index in [-0.39, 0.29) is 5.91 Å². The molecule has 4 heteroatoms. The predicted molar refractivity (Wildman–Crippen MR) is 61.3 cm³/mol. The van der Waals surface area contributed by atoms with Crippen LogP contribution in [0.1, 0.15) is 11.7 Å². The molecule has 0 aliphatic heterocycles. The summed E-state index contributed by atoms with van der Waals surface area (Å²) in [6, 6.07) is 5.81. The molecule has 78 valence electrons. The lowest BCUT2D eigenvalue weighted by Gasteiger charge is -2.00. The second-order valence-corrected chi connectivity index (χ2v) is 3.66. The Bertz CT molecular complexity index is 700. The van der Waals surface area contributed by atoms with E-state index in [1.165, 1.54) is 6.92 Å². The molecule has 0 N–H and O–H groups in total. The average molecular weight is 211 g/mol. The molecule has 4 nitrogen and oxygen atoms in total. The molecule has 0 atom stereocenters. The van der Waals surface area contributed by atoms with Crippen LogP contribution in [0.5, 0.6) is 0 Å². The fourth-order valence-electron chi connectivity index (χ4n) is 1.89. The van der Waals surface area contributed by atoms with Gasteiger partial charge in [-0.25, -0.2) is 4.98 Å². The standard InChI is InChI=1S/C12H9N3O/c1-8(16)15-7-14-12-10-6-13-5-4-9(10)2-3-11(12)15/h2-7H,1H3. The summed E-state index contributed by atoms with van der Waals surface area (Å²) in [7, 11) is 0. The van der Waals surface area contributed by atoms with Crippen molar-refractivity contribution in [1.29, 1.82) is 0 Å². The van der Waals surface area contributed by atoms with E-state index in [0.717, 1.165) is 21.8 Å². The number of aromatic nitrogens is 3. The zero-order valence-electron chi connectivity index (χ0n) is 8.71. The van der Waals surface area contributed by atoms with Crippen molar-refractivity contribution in [2.45, 2.75) is 6.92 Å². The van der Waals surface area contributed by atoms with Crippen LogP contribution in [0.2, 0.25) is 0 Å². The topological polar surface area (TPSA) is 47.8 Å². The molecule has 0 aliphatic carbocycles. The highest BCUT2D eigenvalue weighted by Gasteiger charge is 2.08. The molecule has 0 unspecified atom stereocenters. The van der Waals surface area contributed by atoms with Crippen LogP contribution in [-0.2, 0) is 0 Å². The molecule has 0 aliphatic rings.